The van der Waals surface area contributed by atoms with Crippen LogP contribution in [0, 0.1) is 0 Å². The molecule has 0 atom stereocenters. The van der Waals surface area contributed by atoms with Crippen molar-refractivity contribution in [3.63, 3.8) is 0 Å². The van der Waals surface area contributed by atoms with Crippen LogP contribution in [0.1, 0.15) is 0 Å². The number of rotatable bonds is 5. The second kappa shape index (κ2) is 8.27. The Labute approximate surface area is 178 Å². The van der Waals surface area contributed by atoms with Gasteiger partial charge < -0.3 is 9.64 Å². The molecule has 1 aliphatic rings. The third-order valence-corrected chi connectivity index (χ3v) is 8.34. The van der Waals surface area contributed by atoms with Crippen molar-refractivity contribution in [1.29, 1.82) is 0 Å². The van der Waals surface area contributed by atoms with Crippen molar-refractivity contribution in [1.82, 2.24) is 14.3 Å². The SMILES string of the molecule is COc1ccc(-c2cc(N3CCN(S(=O)(=O)c4ccc(Cl)s4)CC3)ncn2)cc1. The predicted octanol–water partition coefficient (Wildman–Crippen LogP) is 3.38. The number of benzene rings is 1. The Kier molecular flexibility index (Phi) is 5.73. The molecule has 152 valence electrons. The minimum Gasteiger partial charge on any atom is -0.497 e. The van der Waals surface area contributed by atoms with Crippen LogP contribution in [0.25, 0.3) is 11.3 Å². The van der Waals surface area contributed by atoms with Crippen LogP contribution in [-0.2, 0) is 10.0 Å². The van der Waals surface area contributed by atoms with E-state index in [4.69, 9.17) is 16.3 Å². The fourth-order valence-electron chi connectivity index (χ4n) is 3.16. The summed E-state index contributed by atoms with van der Waals surface area (Å²) in [5.41, 5.74) is 1.77. The van der Waals surface area contributed by atoms with Gasteiger partial charge in [0.2, 0.25) is 0 Å². The molecule has 0 amide bonds. The van der Waals surface area contributed by atoms with Crippen LogP contribution in [0.3, 0.4) is 0 Å². The normalized spacial score (nSPS) is 15.4. The summed E-state index contributed by atoms with van der Waals surface area (Å²) in [7, 11) is -1.88. The summed E-state index contributed by atoms with van der Waals surface area (Å²) in [6.45, 7) is 1.88. The Bertz CT molecular complexity index is 1090. The smallest absolute Gasteiger partial charge is 0.252 e. The highest BCUT2D eigenvalue weighted by Crippen LogP contribution is 2.29. The van der Waals surface area contributed by atoms with E-state index in [0.29, 0.717) is 30.5 Å². The number of thiophene rings is 1. The number of methoxy groups -OCH3 is 1. The highest BCUT2D eigenvalue weighted by molar-refractivity contribution is 7.91. The van der Waals surface area contributed by atoms with Gasteiger partial charge in [-0.15, -0.1) is 11.3 Å². The molecule has 1 aromatic carbocycles. The van der Waals surface area contributed by atoms with Crippen molar-refractivity contribution in [3.05, 3.63) is 53.1 Å². The first-order chi connectivity index (χ1) is 14.0. The predicted molar refractivity (Wildman–Crippen MR) is 114 cm³/mol. The van der Waals surface area contributed by atoms with Gasteiger partial charge in [-0.05, 0) is 36.4 Å². The van der Waals surface area contributed by atoms with Crippen LogP contribution >= 0.6 is 22.9 Å². The number of nitrogens with zero attached hydrogens (tertiary/aromatic N) is 4. The van der Waals surface area contributed by atoms with Gasteiger partial charge in [0.05, 0.1) is 17.1 Å². The van der Waals surface area contributed by atoms with Gasteiger partial charge in [0, 0.05) is 37.8 Å². The standard InChI is InChI=1S/C19H19ClN4O3S2/c1-27-15-4-2-14(3-5-15)16-12-18(22-13-21-16)23-8-10-24(11-9-23)29(25,26)19-7-6-17(20)28-19/h2-7,12-13H,8-11H2,1H3. The molecule has 1 fully saturated rings. The lowest BCUT2D eigenvalue weighted by molar-refractivity contribution is 0.384. The van der Waals surface area contributed by atoms with Gasteiger partial charge in [0.1, 0.15) is 22.1 Å². The van der Waals surface area contributed by atoms with Gasteiger partial charge in [-0.3, -0.25) is 0 Å². The molecule has 0 bridgehead atoms. The molecule has 1 saturated heterocycles. The van der Waals surface area contributed by atoms with Gasteiger partial charge in [-0.2, -0.15) is 4.31 Å². The van der Waals surface area contributed by atoms with Crippen molar-refractivity contribution in [2.24, 2.45) is 0 Å². The van der Waals surface area contributed by atoms with E-state index < -0.39 is 10.0 Å². The van der Waals surface area contributed by atoms with Crippen molar-refractivity contribution < 1.29 is 13.2 Å². The second-order valence-electron chi connectivity index (χ2n) is 6.44. The van der Waals surface area contributed by atoms with Crippen LogP contribution in [0.5, 0.6) is 5.75 Å². The van der Waals surface area contributed by atoms with E-state index in [1.807, 2.05) is 30.3 Å². The van der Waals surface area contributed by atoms with E-state index >= 15 is 0 Å². The molecule has 0 spiro atoms. The monoisotopic (exact) mass is 450 g/mol. The number of ether oxygens (including phenoxy) is 1. The van der Waals surface area contributed by atoms with Gasteiger partial charge in [0.15, 0.2) is 0 Å². The van der Waals surface area contributed by atoms with Crippen LogP contribution in [0.4, 0.5) is 5.82 Å². The maximum Gasteiger partial charge on any atom is 0.252 e. The molecule has 0 N–H and O–H groups in total. The van der Waals surface area contributed by atoms with E-state index in [2.05, 4.69) is 14.9 Å². The third-order valence-electron chi connectivity index (χ3n) is 4.74. The van der Waals surface area contributed by atoms with Gasteiger partial charge in [0.25, 0.3) is 10.0 Å². The maximum absolute atomic E-state index is 12.8. The number of hydrogen-bond donors (Lipinski definition) is 0. The largest absolute Gasteiger partial charge is 0.497 e. The summed E-state index contributed by atoms with van der Waals surface area (Å²) < 4.78 is 33.0. The van der Waals surface area contributed by atoms with Crippen molar-refractivity contribution in [2.75, 3.05) is 38.2 Å². The number of sulfonamides is 1. The molecule has 0 unspecified atom stereocenters. The van der Waals surface area contributed by atoms with Gasteiger partial charge in [-0.1, -0.05) is 11.6 Å². The minimum atomic E-state index is -3.51. The fourth-order valence-corrected chi connectivity index (χ4v) is 6.22. The van der Waals surface area contributed by atoms with Crippen LogP contribution in [-0.4, -0.2) is 56.0 Å². The zero-order chi connectivity index (χ0) is 20.4. The minimum absolute atomic E-state index is 0.278. The molecule has 3 heterocycles. The average Bonchev–Trinajstić information content (AvgIpc) is 3.21. The van der Waals surface area contributed by atoms with Gasteiger partial charge >= 0.3 is 0 Å². The highest BCUT2D eigenvalue weighted by Gasteiger charge is 2.30. The topological polar surface area (TPSA) is 75.6 Å². The molecule has 4 rings (SSSR count). The highest BCUT2D eigenvalue weighted by atomic mass is 35.5. The van der Waals surface area contributed by atoms with Crippen LogP contribution in [0.2, 0.25) is 4.34 Å². The second-order valence-corrected chi connectivity index (χ2v) is 10.3. The molecule has 0 radical (unpaired) electrons. The molecular formula is C19H19ClN4O3S2. The zero-order valence-electron chi connectivity index (χ0n) is 15.7. The van der Waals surface area contributed by atoms with E-state index in [-0.39, 0.29) is 4.21 Å². The Morgan fingerprint density at radius 2 is 1.76 bits per heavy atom. The molecule has 1 aliphatic heterocycles. The summed E-state index contributed by atoms with van der Waals surface area (Å²) in [4.78, 5) is 10.8. The third kappa shape index (κ3) is 4.23. The zero-order valence-corrected chi connectivity index (χ0v) is 18.0. The lowest BCUT2D eigenvalue weighted by Crippen LogP contribution is -2.48. The Morgan fingerprint density at radius 3 is 2.38 bits per heavy atom. The van der Waals surface area contributed by atoms with Gasteiger partial charge in [-0.25, -0.2) is 18.4 Å². The van der Waals surface area contributed by atoms with E-state index in [1.54, 1.807) is 19.2 Å². The molecule has 0 aliphatic carbocycles. The first kappa shape index (κ1) is 20.1. The first-order valence-electron chi connectivity index (χ1n) is 8.94. The Hall–Kier alpha value is -2.20. The quantitative estimate of drug-likeness (QED) is 0.593. The summed E-state index contributed by atoms with van der Waals surface area (Å²) in [6, 6.07) is 12.8. The number of halogens is 1. The number of hydrogen-bond acceptors (Lipinski definition) is 7. The fraction of sp³-hybridized carbons (Fsp3) is 0.263. The average molecular weight is 451 g/mol. The van der Waals surface area contributed by atoms with Crippen LogP contribution < -0.4 is 9.64 Å². The summed E-state index contributed by atoms with van der Waals surface area (Å²) >= 11 is 6.98. The molecule has 3 aromatic rings. The number of piperazine rings is 1. The molecule has 7 nitrogen and oxygen atoms in total. The number of anilines is 1. The lowest BCUT2D eigenvalue weighted by atomic mass is 10.1. The van der Waals surface area contributed by atoms with Crippen molar-refractivity contribution in [3.8, 4) is 17.0 Å². The molecule has 10 heteroatoms. The summed E-state index contributed by atoms with van der Waals surface area (Å²) in [5.74, 6) is 1.56. The van der Waals surface area contributed by atoms with Crippen LogP contribution in [0.15, 0.2) is 53.0 Å². The Morgan fingerprint density at radius 1 is 1.03 bits per heavy atom. The molecule has 2 aromatic heterocycles. The van der Waals surface area contributed by atoms with E-state index in [1.165, 1.54) is 10.6 Å². The van der Waals surface area contributed by atoms with Crippen molar-refractivity contribution >= 4 is 38.8 Å². The number of aromatic nitrogens is 2. The molecular weight excluding hydrogens is 432 g/mol. The molecule has 29 heavy (non-hydrogen) atoms. The summed E-state index contributed by atoms with van der Waals surface area (Å²) in [5, 5.41) is 0. The Balaban J connectivity index is 1.47. The lowest BCUT2D eigenvalue weighted by Gasteiger charge is -2.34. The van der Waals surface area contributed by atoms with E-state index in [0.717, 1.165) is 34.2 Å². The van der Waals surface area contributed by atoms with Crippen molar-refractivity contribution in [2.45, 2.75) is 4.21 Å². The first-order valence-corrected chi connectivity index (χ1v) is 11.6. The van der Waals surface area contributed by atoms with E-state index in [9.17, 15) is 8.42 Å². The summed E-state index contributed by atoms with van der Waals surface area (Å²) in [6.07, 6.45) is 1.53. The maximum atomic E-state index is 12.8. The molecule has 0 saturated carbocycles.